The highest BCUT2D eigenvalue weighted by molar-refractivity contribution is 4.76. The molecular weight excluding hydrogens is 188 g/mol. The van der Waals surface area contributed by atoms with E-state index in [0.717, 1.165) is 25.6 Å². The maximum absolute atomic E-state index is 9.15. The quantitative estimate of drug-likeness (QED) is 0.669. The van der Waals surface area contributed by atoms with E-state index in [0.29, 0.717) is 0 Å². The van der Waals surface area contributed by atoms with Crippen molar-refractivity contribution in [1.29, 1.82) is 0 Å². The Labute approximate surface area is 93.9 Å². The van der Waals surface area contributed by atoms with Crippen molar-refractivity contribution < 1.29 is 5.11 Å². The Bertz CT molecular complexity index is 158. The van der Waals surface area contributed by atoms with E-state index in [-0.39, 0.29) is 12.6 Å². The first-order chi connectivity index (χ1) is 7.27. The molecule has 0 aromatic heterocycles. The molecule has 3 heteroatoms. The van der Waals surface area contributed by atoms with Crippen LogP contribution in [-0.2, 0) is 0 Å². The van der Waals surface area contributed by atoms with Gasteiger partial charge in [0.25, 0.3) is 0 Å². The van der Waals surface area contributed by atoms with Gasteiger partial charge in [-0.3, -0.25) is 0 Å². The van der Waals surface area contributed by atoms with E-state index >= 15 is 0 Å². The minimum atomic E-state index is 0.256. The molecule has 0 heterocycles. The smallest absolute Gasteiger partial charge is 0.0585 e. The zero-order valence-corrected chi connectivity index (χ0v) is 10.2. The van der Waals surface area contributed by atoms with Crippen molar-refractivity contribution in [3.8, 4) is 0 Å². The molecule has 15 heavy (non-hydrogen) atoms. The molecule has 1 unspecified atom stereocenters. The number of aliphatic hydroxyl groups is 1. The van der Waals surface area contributed by atoms with Crippen molar-refractivity contribution in [2.45, 2.75) is 51.1 Å². The van der Waals surface area contributed by atoms with Crippen LogP contribution < -0.4 is 5.32 Å². The number of likely N-dealkylation sites (N-methyl/N-ethyl adjacent to an activating group) is 1. The summed E-state index contributed by atoms with van der Waals surface area (Å²) in [6.45, 7) is 4.39. The van der Waals surface area contributed by atoms with E-state index in [1.807, 2.05) is 0 Å². The molecule has 0 amide bonds. The second kappa shape index (κ2) is 7.20. The summed E-state index contributed by atoms with van der Waals surface area (Å²) in [6, 6.07) is 1.07. The lowest BCUT2D eigenvalue weighted by Gasteiger charge is -2.26. The van der Waals surface area contributed by atoms with Gasteiger partial charge < -0.3 is 15.3 Å². The van der Waals surface area contributed by atoms with Gasteiger partial charge in [-0.05, 0) is 39.4 Å². The van der Waals surface area contributed by atoms with Crippen LogP contribution in [0.15, 0.2) is 0 Å². The lowest BCUT2D eigenvalue weighted by atomic mass is 10.1. The van der Waals surface area contributed by atoms with Gasteiger partial charge in [0.15, 0.2) is 0 Å². The Morgan fingerprint density at radius 2 is 2.07 bits per heavy atom. The largest absolute Gasteiger partial charge is 0.395 e. The molecule has 1 atom stereocenters. The van der Waals surface area contributed by atoms with E-state index in [1.54, 1.807) is 0 Å². The Balaban J connectivity index is 2.16. The van der Waals surface area contributed by atoms with Crippen molar-refractivity contribution in [2.24, 2.45) is 0 Å². The summed E-state index contributed by atoms with van der Waals surface area (Å²) in [7, 11) is 2.22. The lowest BCUT2D eigenvalue weighted by molar-refractivity contribution is 0.196. The predicted molar refractivity (Wildman–Crippen MR) is 64.1 cm³/mol. The highest BCUT2D eigenvalue weighted by atomic mass is 16.3. The van der Waals surface area contributed by atoms with Gasteiger partial charge >= 0.3 is 0 Å². The molecule has 0 spiro atoms. The molecule has 1 aliphatic rings. The second-order valence-corrected chi connectivity index (χ2v) is 4.64. The number of nitrogens with one attached hydrogen (secondary N) is 1. The molecule has 90 valence electrons. The molecule has 0 saturated heterocycles. The summed E-state index contributed by atoms with van der Waals surface area (Å²) in [5.74, 6) is 0. The number of rotatable bonds is 7. The number of hydrogen-bond acceptors (Lipinski definition) is 3. The van der Waals surface area contributed by atoms with Crippen molar-refractivity contribution >= 4 is 0 Å². The SMILES string of the molecule is CCNC(CO)CCN(C)C1CCCC1. The van der Waals surface area contributed by atoms with Gasteiger partial charge in [0, 0.05) is 12.1 Å². The Morgan fingerprint density at radius 1 is 1.40 bits per heavy atom. The lowest BCUT2D eigenvalue weighted by Crippen LogP contribution is -2.38. The first-order valence-electron chi connectivity index (χ1n) is 6.32. The standard InChI is InChI=1S/C12H26N2O/c1-3-13-11(10-15)8-9-14(2)12-6-4-5-7-12/h11-13,15H,3-10H2,1-2H3. The van der Waals surface area contributed by atoms with Crippen LogP contribution in [-0.4, -0.2) is 48.8 Å². The fourth-order valence-electron chi connectivity index (χ4n) is 2.43. The fraction of sp³-hybridized carbons (Fsp3) is 1.00. The molecule has 1 saturated carbocycles. The minimum absolute atomic E-state index is 0.256. The molecule has 1 aliphatic carbocycles. The third-order valence-electron chi connectivity index (χ3n) is 3.49. The van der Waals surface area contributed by atoms with E-state index in [4.69, 9.17) is 5.11 Å². The van der Waals surface area contributed by atoms with Gasteiger partial charge in [0.1, 0.15) is 0 Å². The number of nitrogens with zero attached hydrogens (tertiary/aromatic N) is 1. The van der Waals surface area contributed by atoms with Crippen LogP contribution in [0.5, 0.6) is 0 Å². The maximum Gasteiger partial charge on any atom is 0.0585 e. The van der Waals surface area contributed by atoms with E-state index in [2.05, 4.69) is 24.2 Å². The fourth-order valence-corrected chi connectivity index (χ4v) is 2.43. The maximum atomic E-state index is 9.15. The Hall–Kier alpha value is -0.120. The molecule has 0 aromatic carbocycles. The number of hydrogen-bond donors (Lipinski definition) is 2. The Kier molecular flexibility index (Phi) is 6.22. The van der Waals surface area contributed by atoms with Crippen LogP contribution in [0.3, 0.4) is 0 Å². The summed E-state index contributed by atoms with van der Waals surface area (Å²) in [4.78, 5) is 2.47. The van der Waals surface area contributed by atoms with Crippen LogP contribution in [0.25, 0.3) is 0 Å². The van der Waals surface area contributed by atoms with Crippen LogP contribution in [0.2, 0.25) is 0 Å². The van der Waals surface area contributed by atoms with Crippen LogP contribution in [0, 0.1) is 0 Å². The normalized spacial score (nSPS) is 20.0. The first-order valence-corrected chi connectivity index (χ1v) is 6.32. The van der Waals surface area contributed by atoms with Crippen LogP contribution in [0.4, 0.5) is 0 Å². The summed E-state index contributed by atoms with van der Waals surface area (Å²) < 4.78 is 0. The van der Waals surface area contributed by atoms with Gasteiger partial charge in [-0.2, -0.15) is 0 Å². The topological polar surface area (TPSA) is 35.5 Å². The summed E-state index contributed by atoms with van der Waals surface area (Å²) >= 11 is 0. The predicted octanol–water partition coefficient (Wildman–Crippen LogP) is 1.22. The molecule has 0 bridgehead atoms. The van der Waals surface area contributed by atoms with Crippen molar-refractivity contribution in [3.63, 3.8) is 0 Å². The van der Waals surface area contributed by atoms with Crippen LogP contribution in [0.1, 0.15) is 39.0 Å². The molecule has 0 radical (unpaired) electrons. The highest BCUT2D eigenvalue weighted by Gasteiger charge is 2.19. The van der Waals surface area contributed by atoms with E-state index in [9.17, 15) is 0 Å². The molecule has 1 rings (SSSR count). The molecule has 2 N–H and O–H groups in total. The zero-order valence-electron chi connectivity index (χ0n) is 10.2. The first kappa shape index (κ1) is 12.9. The molecule has 0 aliphatic heterocycles. The summed E-state index contributed by atoms with van der Waals surface area (Å²) in [6.07, 6.45) is 6.57. The van der Waals surface area contributed by atoms with Gasteiger partial charge in [0.05, 0.1) is 6.61 Å². The van der Waals surface area contributed by atoms with E-state index in [1.165, 1.54) is 25.7 Å². The van der Waals surface area contributed by atoms with Gasteiger partial charge in [-0.1, -0.05) is 19.8 Å². The van der Waals surface area contributed by atoms with Gasteiger partial charge in [-0.15, -0.1) is 0 Å². The summed E-state index contributed by atoms with van der Waals surface area (Å²) in [5.41, 5.74) is 0. The Morgan fingerprint density at radius 3 is 2.60 bits per heavy atom. The van der Waals surface area contributed by atoms with E-state index < -0.39 is 0 Å². The van der Waals surface area contributed by atoms with Crippen molar-refractivity contribution in [1.82, 2.24) is 10.2 Å². The third kappa shape index (κ3) is 4.49. The monoisotopic (exact) mass is 214 g/mol. The summed E-state index contributed by atoms with van der Waals surface area (Å²) in [5, 5.41) is 12.5. The average molecular weight is 214 g/mol. The second-order valence-electron chi connectivity index (χ2n) is 4.64. The number of aliphatic hydroxyl groups excluding tert-OH is 1. The molecule has 3 nitrogen and oxygen atoms in total. The molecular formula is C12H26N2O. The van der Waals surface area contributed by atoms with Crippen molar-refractivity contribution in [3.05, 3.63) is 0 Å². The highest BCUT2D eigenvalue weighted by Crippen LogP contribution is 2.22. The molecule has 0 aromatic rings. The van der Waals surface area contributed by atoms with Crippen LogP contribution >= 0.6 is 0 Å². The van der Waals surface area contributed by atoms with Gasteiger partial charge in [-0.25, -0.2) is 0 Å². The minimum Gasteiger partial charge on any atom is -0.395 e. The molecule has 1 fully saturated rings. The van der Waals surface area contributed by atoms with Crippen molar-refractivity contribution in [2.75, 3.05) is 26.7 Å². The van der Waals surface area contributed by atoms with Gasteiger partial charge in [0.2, 0.25) is 0 Å². The average Bonchev–Trinajstić information content (AvgIpc) is 2.77. The third-order valence-corrected chi connectivity index (χ3v) is 3.49. The zero-order chi connectivity index (χ0) is 11.1.